The van der Waals surface area contributed by atoms with Gasteiger partial charge in [-0.25, -0.2) is 4.79 Å². The van der Waals surface area contributed by atoms with Gasteiger partial charge in [0.1, 0.15) is 0 Å². The van der Waals surface area contributed by atoms with Gasteiger partial charge in [-0.3, -0.25) is 4.79 Å². The summed E-state index contributed by atoms with van der Waals surface area (Å²) in [4.78, 5) is 22.4. The van der Waals surface area contributed by atoms with Crippen molar-refractivity contribution in [3.8, 4) is 0 Å². The molecular formula is C16H30N2O3. The number of carboxylic acids is 1. The van der Waals surface area contributed by atoms with Crippen molar-refractivity contribution >= 4 is 12.0 Å². The number of hydrogen-bond acceptors (Lipinski definition) is 2. The van der Waals surface area contributed by atoms with Crippen LogP contribution in [0.5, 0.6) is 0 Å². The first kappa shape index (κ1) is 17.8. The molecule has 21 heavy (non-hydrogen) atoms. The first-order valence-electron chi connectivity index (χ1n) is 7.90. The van der Waals surface area contributed by atoms with Crippen molar-refractivity contribution in [2.75, 3.05) is 13.1 Å². The molecule has 0 unspecified atom stereocenters. The van der Waals surface area contributed by atoms with E-state index in [4.69, 9.17) is 5.11 Å². The Hall–Kier alpha value is -1.26. The average Bonchev–Trinajstić information content (AvgIpc) is 3.15. The molecule has 1 aliphatic rings. The molecule has 0 radical (unpaired) electrons. The Morgan fingerprint density at radius 2 is 1.81 bits per heavy atom. The molecule has 0 aromatic carbocycles. The average molecular weight is 298 g/mol. The van der Waals surface area contributed by atoms with Gasteiger partial charge in [-0.1, -0.05) is 27.7 Å². The largest absolute Gasteiger partial charge is 0.481 e. The van der Waals surface area contributed by atoms with Crippen LogP contribution in [-0.2, 0) is 4.79 Å². The highest BCUT2D eigenvalue weighted by molar-refractivity contribution is 5.73. The number of carbonyl (C=O) groups excluding carboxylic acids is 1. The minimum atomic E-state index is -0.766. The lowest BCUT2D eigenvalue weighted by atomic mass is 9.84. The molecule has 0 aromatic rings. The number of nitrogens with one attached hydrogen (secondary N) is 2. The van der Waals surface area contributed by atoms with E-state index in [0.29, 0.717) is 24.3 Å². The Balaban J connectivity index is 2.17. The van der Waals surface area contributed by atoms with E-state index < -0.39 is 5.97 Å². The maximum Gasteiger partial charge on any atom is 0.314 e. The van der Waals surface area contributed by atoms with Gasteiger partial charge in [-0.2, -0.15) is 0 Å². The Bertz CT molecular complexity index is 374. The highest BCUT2D eigenvalue weighted by Crippen LogP contribution is 2.51. The van der Waals surface area contributed by atoms with Crippen LogP contribution in [0, 0.1) is 16.7 Å². The summed E-state index contributed by atoms with van der Waals surface area (Å²) in [7, 11) is 0. The summed E-state index contributed by atoms with van der Waals surface area (Å²) in [6.45, 7) is 9.81. The molecule has 1 fully saturated rings. The van der Waals surface area contributed by atoms with Gasteiger partial charge in [0, 0.05) is 19.5 Å². The fourth-order valence-corrected chi connectivity index (χ4v) is 2.52. The van der Waals surface area contributed by atoms with Crippen molar-refractivity contribution in [3.05, 3.63) is 0 Å². The standard InChI is InChI=1S/C16H30N2O3/c1-12(2)16(7-8-16)11-18-14(21)17-10-9-15(3,4)6-5-13(19)20/h12H,5-11H2,1-4H3,(H,19,20)(H2,17,18,21). The van der Waals surface area contributed by atoms with Crippen LogP contribution >= 0.6 is 0 Å². The number of carboxylic acid groups (broad SMARTS) is 1. The van der Waals surface area contributed by atoms with E-state index in [1.165, 1.54) is 12.8 Å². The summed E-state index contributed by atoms with van der Waals surface area (Å²) in [6, 6.07) is -0.115. The van der Waals surface area contributed by atoms with Crippen molar-refractivity contribution in [1.29, 1.82) is 0 Å². The number of carbonyl (C=O) groups is 2. The van der Waals surface area contributed by atoms with Gasteiger partial charge in [0.2, 0.25) is 0 Å². The molecule has 5 heteroatoms. The van der Waals surface area contributed by atoms with E-state index in [9.17, 15) is 9.59 Å². The Morgan fingerprint density at radius 3 is 2.29 bits per heavy atom. The molecule has 0 aliphatic heterocycles. The van der Waals surface area contributed by atoms with Gasteiger partial charge in [0.15, 0.2) is 0 Å². The summed E-state index contributed by atoms with van der Waals surface area (Å²) in [5.74, 6) is -0.162. The summed E-state index contributed by atoms with van der Waals surface area (Å²) in [6.07, 6.45) is 3.99. The zero-order valence-electron chi connectivity index (χ0n) is 13.8. The van der Waals surface area contributed by atoms with Crippen molar-refractivity contribution < 1.29 is 14.7 Å². The topological polar surface area (TPSA) is 78.4 Å². The van der Waals surface area contributed by atoms with Gasteiger partial charge < -0.3 is 15.7 Å². The smallest absolute Gasteiger partial charge is 0.314 e. The molecule has 1 rings (SSSR count). The zero-order valence-corrected chi connectivity index (χ0v) is 13.8. The quantitative estimate of drug-likeness (QED) is 0.612. The van der Waals surface area contributed by atoms with Gasteiger partial charge in [0.05, 0.1) is 0 Å². The molecule has 2 amide bonds. The highest BCUT2D eigenvalue weighted by Gasteiger charge is 2.45. The fraction of sp³-hybridized carbons (Fsp3) is 0.875. The molecule has 122 valence electrons. The van der Waals surface area contributed by atoms with Crippen LogP contribution in [0.2, 0.25) is 0 Å². The van der Waals surface area contributed by atoms with Gasteiger partial charge in [-0.05, 0) is 42.4 Å². The van der Waals surface area contributed by atoms with Crippen LogP contribution < -0.4 is 10.6 Å². The van der Waals surface area contributed by atoms with E-state index in [1.54, 1.807) is 0 Å². The molecule has 1 aliphatic carbocycles. The van der Waals surface area contributed by atoms with Crippen LogP contribution in [0.15, 0.2) is 0 Å². The summed E-state index contributed by atoms with van der Waals surface area (Å²) >= 11 is 0. The van der Waals surface area contributed by atoms with Gasteiger partial charge >= 0.3 is 12.0 Å². The SMILES string of the molecule is CC(C)C1(CNC(=O)NCCC(C)(C)CCC(=O)O)CC1. The maximum absolute atomic E-state index is 11.8. The molecule has 3 N–H and O–H groups in total. The fourth-order valence-electron chi connectivity index (χ4n) is 2.52. The van der Waals surface area contributed by atoms with Crippen molar-refractivity contribution in [1.82, 2.24) is 10.6 Å². The van der Waals surface area contributed by atoms with E-state index in [2.05, 4.69) is 24.5 Å². The van der Waals surface area contributed by atoms with E-state index in [1.807, 2.05) is 13.8 Å². The predicted molar refractivity (Wildman–Crippen MR) is 83.2 cm³/mol. The first-order chi connectivity index (χ1) is 9.67. The highest BCUT2D eigenvalue weighted by atomic mass is 16.4. The minimum absolute atomic E-state index is 0.0681. The number of aliphatic carboxylic acids is 1. The van der Waals surface area contributed by atoms with E-state index in [0.717, 1.165) is 13.0 Å². The lowest BCUT2D eigenvalue weighted by molar-refractivity contribution is -0.137. The molecule has 0 heterocycles. The molecule has 0 spiro atoms. The second kappa shape index (κ2) is 7.14. The third-order valence-corrected chi connectivity index (χ3v) is 4.82. The van der Waals surface area contributed by atoms with Gasteiger partial charge in [0.25, 0.3) is 0 Å². The first-order valence-corrected chi connectivity index (χ1v) is 7.90. The number of rotatable bonds is 9. The molecule has 0 aromatic heterocycles. The lowest BCUT2D eigenvalue weighted by Crippen LogP contribution is -2.41. The molecule has 1 saturated carbocycles. The number of amides is 2. The molecule has 0 saturated heterocycles. The van der Waals surface area contributed by atoms with Crippen LogP contribution in [0.1, 0.15) is 59.8 Å². The van der Waals surface area contributed by atoms with E-state index >= 15 is 0 Å². The zero-order chi connectivity index (χ0) is 16.1. The number of urea groups is 1. The summed E-state index contributed by atoms with van der Waals surface area (Å²) < 4.78 is 0. The van der Waals surface area contributed by atoms with Gasteiger partial charge in [-0.15, -0.1) is 0 Å². The second-order valence-corrected chi connectivity index (χ2v) is 7.43. The van der Waals surface area contributed by atoms with E-state index in [-0.39, 0.29) is 17.9 Å². The third-order valence-electron chi connectivity index (χ3n) is 4.82. The third kappa shape index (κ3) is 6.36. The monoisotopic (exact) mass is 298 g/mol. The Morgan fingerprint density at radius 1 is 1.19 bits per heavy atom. The molecule has 0 atom stereocenters. The summed E-state index contributed by atoms with van der Waals surface area (Å²) in [5, 5.41) is 14.5. The van der Waals surface area contributed by atoms with Crippen LogP contribution in [0.4, 0.5) is 4.79 Å². The van der Waals surface area contributed by atoms with Crippen molar-refractivity contribution in [2.24, 2.45) is 16.7 Å². The predicted octanol–water partition coefficient (Wildman–Crippen LogP) is 3.00. The normalized spacial score (nSPS) is 16.6. The lowest BCUT2D eigenvalue weighted by Gasteiger charge is -2.24. The molecule has 0 bridgehead atoms. The van der Waals surface area contributed by atoms with Crippen molar-refractivity contribution in [3.63, 3.8) is 0 Å². The summed E-state index contributed by atoms with van der Waals surface area (Å²) in [5.41, 5.74) is 0.249. The van der Waals surface area contributed by atoms with Crippen LogP contribution in [0.25, 0.3) is 0 Å². The van der Waals surface area contributed by atoms with Crippen LogP contribution in [0.3, 0.4) is 0 Å². The Kier molecular flexibility index (Phi) is 6.05. The number of hydrogen-bond donors (Lipinski definition) is 3. The van der Waals surface area contributed by atoms with Crippen LogP contribution in [-0.4, -0.2) is 30.2 Å². The maximum atomic E-state index is 11.8. The minimum Gasteiger partial charge on any atom is -0.481 e. The molecule has 5 nitrogen and oxygen atoms in total. The second-order valence-electron chi connectivity index (χ2n) is 7.43. The Labute approximate surface area is 127 Å². The van der Waals surface area contributed by atoms with Crippen molar-refractivity contribution in [2.45, 2.75) is 59.8 Å². The molecular weight excluding hydrogens is 268 g/mol.